The lowest BCUT2D eigenvalue weighted by atomic mass is 9.83. The number of fused-ring (bicyclic) bond motifs is 2. The first kappa shape index (κ1) is 18.8. The fraction of sp³-hybridized carbons (Fsp3) is 0.500. The second kappa shape index (κ2) is 7.05. The minimum Gasteiger partial charge on any atom is -0.485 e. The van der Waals surface area contributed by atoms with Crippen LogP contribution in [0.2, 0.25) is 0 Å². The van der Waals surface area contributed by atoms with Gasteiger partial charge in [0.25, 0.3) is 0 Å². The second-order valence-corrected chi connectivity index (χ2v) is 8.83. The number of aromatic amines is 1. The lowest BCUT2D eigenvalue weighted by Gasteiger charge is -2.41. The van der Waals surface area contributed by atoms with E-state index in [1.165, 1.54) is 31.4 Å². The van der Waals surface area contributed by atoms with Crippen molar-refractivity contribution in [2.45, 2.75) is 43.7 Å². The van der Waals surface area contributed by atoms with Crippen LogP contribution in [0.25, 0.3) is 11.2 Å². The third-order valence-corrected chi connectivity index (χ3v) is 7.02. The van der Waals surface area contributed by atoms with Gasteiger partial charge in [0.2, 0.25) is 0 Å². The number of piperidine rings is 2. The number of anilines is 2. The van der Waals surface area contributed by atoms with Gasteiger partial charge < -0.3 is 20.3 Å². The summed E-state index contributed by atoms with van der Waals surface area (Å²) in [5.74, 6) is 2.00. The molecule has 0 bridgehead atoms. The van der Waals surface area contributed by atoms with Gasteiger partial charge in [-0.1, -0.05) is 6.07 Å². The van der Waals surface area contributed by atoms with Gasteiger partial charge in [0.1, 0.15) is 23.0 Å². The number of nitrogens with zero attached hydrogens (tertiary/aromatic N) is 5. The maximum atomic E-state index is 13.6. The predicted molar refractivity (Wildman–Crippen MR) is 116 cm³/mol. The third-order valence-electron chi connectivity index (χ3n) is 7.02. The van der Waals surface area contributed by atoms with Crippen LogP contribution in [0.4, 0.5) is 16.0 Å². The average Bonchev–Trinajstić information content (AvgIpc) is 3.33. The van der Waals surface area contributed by atoms with E-state index in [0.717, 1.165) is 67.4 Å². The summed E-state index contributed by atoms with van der Waals surface area (Å²) in [6, 6.07) is 4.38. The monoisotopic (exact) mass is 423 g/mol. The van der Waals surface area contributed by atoms with Crippen molar-refractivity contribution in [3.63, 3.8) is 0 Å². The first-order valence-corrected chi connectivity index (χ1v) is 11.1. The Morgan fingerprint density at radius 3 is 2.71 bits per heavy atom. The van der Waals surface area contributed by atoms with Gasteiger partial charge in [-0.15, -0.1) is 0 Å². The zero-order valence-corrected chi connectivity index (χ0v) is 17.4. The van der Waals surface area contributed by atoms with Crippen molar-refractivity contribution < 1.29 is 9.13 Å². The van der Waals surface area contributed by atoms with Crippen LogP contribution < -0.4 is 20.3 Å². The van der Waals surface area contributed by atoms with Gasteiger partial charge in [-0.25, -0.2) is 14.4 Å². The molecular weight excluding hydrogens is 397 g/mol. The number of nitrogens with two attached hydrogens (primary N) is 1. The van der Waals surface area contributed by atoms with E-state index in [2.05, 4.69) is 20.0 Å². The predicted octanol–water partition coefficient (Wildman–Crippen LogP) is 2.91. The van der Waals surface area contributed by atoms with E-state index < -0.39 is 5.60 Å². The fourth-order valence-electron chi connectivity index (χ4n) is 5.21. The summed E-state index contributed by atoms with van der Waals surface area (Å²) in [5.41, 5.74) is 8.48. The molecule has 3 N–H and O–H groups in total. The summed E-state index contributed by atoms with van der Waals surface area (Å²) in [7, 11) is 0. The number of nitrogens with one attached hydrogen (secondary N) is 1. The molecule has 1 atom stereocenters. The Kier molecular flexibility index (Phi) is 4.27. The summed E-state index contributed by atoms with van der Waals surface area (Å²) < 4.78 is 19.8. The highest BCUT2D eigenvalue weighted by molar-refractivity contribution is 5.84. The Labute approximate surface area is 179 Å². The highest BCUT2D eigenvalue weighted by Gasteiger charge is 2.48. The van der Waals surface area contributed by atoms with Gasteiger partial charge >= 0.3 is 0 Å². The molecule has 0 radical (unpaired) electrons. The Morgan fingerprint density at radius 1 is 1.10 bits per heavy atom. The molecule has 0 saturated carbocycles. The van der Waals surface area contributed by atoms with Crippen LogP contribution in [0.15, 0.2) is 24.4 Å². The van der Waals surface area contributed by atoms with Gasteiger partial charge in [-0.05, 0) is 25.3 Å². The summed E-state index contributed by atoms with van der Waals surface area (Å²) >= 11 is 0. The summed E-state index contributed by atoms with van der Waals surface area (Å²) in [6.45, 7) is 3.53. The first-order valence-electron chi connectivity index (χ1n) is 11.1. The van der Waals surface area contributed by atoms with Crippen LogP contribution >= 0.6 is 0 Å². The Bertz CT molecular complexity index is 1120. The van der Waals surface area contributed by atoms with Gasteiger partial charge in [0.15, 0.2) is 17.0 Å². The third kappa shape index (κ3) is 3.02. The number of benzene rings is 1. The molecule has 5 heterocycles. The molecule has 3 aliphatic rings. The van der Waals surface area contributed by atoms with Crippen molar-refractivity contribution in [3.05, 3.63) is 35.8 Å². The van der Waals surface area contributed by atoms with Crippen molar-refractivity contribution in [3.8, 4) is 5.75 Å². The maximum absolute atomic E-state index is 13.6. The molecule has 9 heteroatoms. The fourth-order valence-corrected chi connectivity index (χ4v) is 5.21. The van der Waals surface area contributed by atoms with E-state index in [9.17, 15) is 4.39 Å². The second-order valence-electron chi connectivity index (χ2n) is 8.83. The van der Waals surface area contributed by atoms with Gasteiger partial charge in [-0.3, -0.25) is 5.10 Å². The molecule has 0 unspecified atom stereocenters. The van der Waals surface area contributed by atoms with Gasteiger partial charge in [0, 0.05) is 50.7 Å². The molecule has 1 spiro atoms. The molecule has 3 aliphatic heterocycles. The number of H-pyrrole nitrogens is 1. The number of hydrogen-bond acceptors (Lipinski definition) is 7. The van der Waals surface area contributed by atoms with Crippen LogP contribution in [0.3, 0.4) is 0 Å². The van der Waals surface area contributed by atoms with Crippen molar-refractivity contribution >= 4 is 22.8 Å². The Hall–Kier alpha value is -2.94. The van der Waals surface area contributed by atoms with Crippen LogP contribution in [0.5, 0.6) is 5.75 Å². The number of rotatable bonds is 2. The molecule has 1 aromatic carbocycles. The largest absolute Gasteiger partial charge is 0.485 e. The molecular formula is C22H26FN7O. The first-order chi connectivity index (χ1) is 15.1. The number of hydrogen-bond donors (Lipinski definition) is 2. The van der Waals surface area contributed by atoms with E-state index in [1.54, 1.807) is 6.07 Å². The quantitative estimate of drug-likeness (QED) is 0.654. The number of ether oxygens (including phenoxy) is 1. The van der Waals surface area contributed by atoms with E-state index >= 15 is 0 Å². The smallest absolute Gasteiger partial charge is 0.178 e. The zero-order valence-electron chi connectivity index (χ0n) is 17.4. The van der Waals surface area contributed by atoms with Crippen LogP contribution in [0, 0.1) is 5.82 Å². The minimum absolute atomic E-state index is 0.251. The van der Waals surface area contributed by atoms with Crippen LogP contribution in [-0.2, 0) is 0 Å². The van der Waals surface area contributed by atoms with E-state index in [-0.39, 0.29) is 11.9 Å². The molecule has 6 rings (SSSR count). The van der Waals surface area contributed by atoms with E-state index in [0.29, 0.717) is 5.75 Å². The lowest BCUT2D eigenvalue weighted by molar-refractivity contribution is 0.0429. The molecule has 3 aromatic rings. The molecule has 0 aliphatic carbocycles. The molecule has 2 aromatic heterocycles. The highest BCUT2D eigenvalue weighted by atomic mass is 19.1. The summed E-state index contributed by atoms with van der Waals surface area (Å²) in [4.78, 5) is 14.0. The van der Waals surface area contributed by atoms with Crippen molar-refractivity contribution in [2.75, 3.05) is 36.0 Å². The van der Waals surface area contributed by atoms with Gasteiger partial charge in [-0.2, -0.15) is 5.10 Å². The van der Waals surface area contributed by atoms with E-state index in [4.69, 9.17) is 20.4 Å². The Balaban J connectivity index is 1.20. The summed E-state index contributed by atoms with van der Waals surface area (Å²) in [5, 5.41) is 7.56. The van der Waals surface area contributed by atoms with Crippen LogP contribution in [0.1, 0.15) is 43.7 Å². The topological polar surface area (TPSA) is 96.2 Å². The van der Waals surface area contributed by atoms with Gasteiger partial charge in [0.05, 0.1) is 12.2 Å². The van der Waals surface area contributed by atoms with Crippen molar-refractivity contribution in [1.29, 1.82) is 0 Å². The molecule has 31 heavy (non-hydrogen) atoms. The lowest BCUT2D eigenvalue weighted by Crippen LogP contribution is -2.51. The molecule has 2 fully saturated rings. The van der Waals surface area contributed by atoms with E-state index in [1.807, 2.05) is 6.20 Å². The molecule has 2 saturated heterocycles. The standard InChI is InChI=1S/C22H26FN7O/c23-14-4-5-15-16(12-14)31-22(19(15)24)6-10-29(11-7-22)17-13-25-18-20(26-17)27-28-21(18)30-8-2-1-3-9-30/h4-5,12-13,19H,1-3,6-11,24H2,(H,26,27,28)/t19-/m1/s1. The molecule has 0 amide bonds. The Morgan fingerprint density at radius 2 is 1.90 bits per heavy atom. The molecule has 162 valence electrons. The number of halogens is 1. The highest BCUT2D eigenvalue weighted by Crippen LogP contribution is 2.47. The van der Waals surface area contributed by atoms with Crippen molar-refractivity contribution in [2.24, 2.45) is 5.73 Å². The normalized spacial score (nSPS) is 22.7. The average molecular weight is 423 g/mol. The molecule has 8 nitrogen and oxygen atoms in total. The summed E-state index contributed by atoms with van der Waals surface area (Å²) in [6.07, 6.45) is 6.98. The van der Waals surface area contributed by atoms with Crippen LogP contribution in [-0.4, -0.2) is 51.9 Å². The maximum Gasteiger partial charge on any atom is 0.178 e. The zero-order chi connectivity index (χ0) is 21.0. The van der Waals surface area contributed by atoms with Crippen molar-refractivity contribution in [1.82, 2.24) is 20.2 Å². The SMILES string of the molecule is N[C@@H]1c2ccc(F)cc2OC12CCN(c1cnc3c(N4CCCCC4)n[nH]c3n1)CC2. The number of aromatic nitrogens is 4. The minimum atomic E-state index is -0.487.